The molecule has 42 heavy (non-hydrogen) atoms. The van der Waals surface area contributed by atoms with E-state index < -0.39 is 33.9 Å². The summed E-state index contributed by atoms with van der Waals surface area (Å²) < 4.78 is 11.7. The van der Waals surface area contributed by atoms with Crippen LogP contribution in [0.5, 0.6) is 5.88 Å². The second kappa shape index (κ2) is 12.0. The molecule has 5 atom stereocenters. The van der Waals surface area contributed by atoms with Gasteiger partial charge in [0.2, 0.25) is 0 Å². The molecule has 2 saturated heterocycles. The molecule has 2 aliphatic heterocycles. The van der Waals surface area contributed by atoms with Gasteiger partial charge in [0.25, 0.3) is 0 Å². The van der Waals surface area contributed by atoms with E-state index in [0.717, 1.165) is 35.6 Å². The number of nitrogens with zero attached hydrogens (tertiary/aromatic N) is 2. The zero-order valence-corrected chi connectivity index (χ0v) is 27.2. The third kappa shape index (κ3) is 5.64. The molecule has 6 rings (SSSR count). The van der Waals surface area contributed by atoms with Crippen molar-refractivity contribution >= 4 is 27.6 Å². The second-order valence-electron chi connectivity index (χ2n) is 13.7. The number of benzene rings is 1. The van der Waals surface area contributed by atoms with Gasteiger partial charge in [-0.3, -0.25) is 0 Å². The molecule has 1 radical (unpaired) electrons. The quantitative estimate of drug-likeness (QED) is 0.335. The van der Waals surface area contributed by atoms with Crippen molar-refractivity contribution in [3.05, 3.63) is 58.8 Å². The molecule has 1 amide bonds. The first kappa shape index (κ1) is 29.7. The van der Waals surface area contributed by atoms with Crippen molar-refractivity contribution in [2.24, 2.45) is 11.3 Å². The Labute approximate surface area is 256 Å². The molecule has 1 aromatic heterocycles. The van der Waals surface area contributed by atoms with E-state index in [4.69, 9.17) is 14.5 Å². The van der Waals surface area contributed by atoms with Gasteiger partial charge in [0.05, 0.1) is 0 Å². The molecule has 0 bridgehead atoms. The zero-order valence-electron chi connectivity index (χ0n) is 25.3. The van der Waals surface area contributed by atoms with Crippen molar-refractivity contribution in [1.29, 1.82) is 0 Å². The molecule has 4 fully saturated rings. The summed E-state index contributed by atoms with van der Waals surface area (Å²) in [5, 5.41) is 11.6. The zero-order chi connectivity index (χ0) is 29.6. The van der Waals surface area contributed by atoms with E-state index >= 15 is 0 Å². The van der Waals surface area contributed by atoms with Gasteiger partial charge in [-0.05, 0) is 0 Å². The third-order valence-corrected chi connectivity index (χ3v) is 13.1. The topological polar surface area (TPSA) is 89.0 Å². The number of hydrogen-bond donors (Lipinski definition) is 1. The van der Waals surface area contributed by atoms with Gasteiger partial charge in [-0.25, -0.2) is 0 Å². The van der Waals surface area contributed by atoms with Crippen molar-refractivity contribution in [3.8, 4) is 5.88 Å². The van der Waals surface area contributed by atoms with E-state index in [9.17, 15) is 14.7 Å². The molecule has 1 unspecified atom stereocenters. The van der Waals surface area contributed by atoms with Crippen LogP contribution in [0.1, 0.15) is 106 Å². The van der Waals surface area contributed by atoms with E-state index in [1.54, 1.807) is 12.0 Å². The summed E-state index contributed by atoms with van der Waals surface area (Å²) >= 11 is -0.420. The van der Waals surface area contributed by atoms with Gasteiger partial charge in [0, 0.05) is 0 Å². The molecule has 4 aliphatic rings. The van der Waals surface area contributed by atoms with Crippen LogP contribution in [0.25, 0.3) is 0 Å². The van der Waals surface area contributed by atoms with Crippen LogP contribution in [0, 0.1) is 11.3 Å². The fraction of sp³-hybridized carbons (Fsp3) is 0.618. The molecule has 7 nitrogen and oxygen atoms in total. The number of pyridine rings is 1. The predicted octanol–water partition coefficient (Wildman–Crippen LogP) is 6.11. The Morgan fingerprint density at radius 2 is 1.81 bits per heavy atom. The number of carboxylic acid groups (broad SMARTS) is 1. The van der Waals surface area contributed by atoms with Crippen LogP contribution in [-0.4, -0.2) is 68.5 Å². The van der Waals surface area contributed by atoms with Crippen LogP contribution >= 0.6 is 0 Å². The molecule has 8 heteroatoms. The Balaban J connectivity index is 1.44. The van der Waals surface area contributed by atoms with Crippen LogP contribution in [0.3, 0.4) is 0 Å². The van der Waals surface area contributed by atoms with E-state index in [1.807, 2.05) is 6.20 Å². The van der Waals surface area contributed by atoms with Crippen molar-refractivity contribution in [2.45, 2.75) is 106 Å². The minimum absolute atomic E-state index is 0.0321. The molecule has 2 aromatic rings. The third-order valence-electron chi connectivity index (χ3n) is 9.86. The molecule has 1 N–H and O–H groups in total. The Morgan fingerprint density at radius 1 is 1.07 bits per heavy atom. The predicted molar refractivity (Wildman–Crippen MR) is 162 cm³/mol. The van der Waals surface area contributed by atoms with Crippen LogP contribution in [-0.2, 0) is 19.5 Å². The number of amides is 1. The van der Waals surface area contributed by atoms with Crippen molar-refractivity contribution in [2.75, 3.05) is 13.7 Å². The first-order chi connectivity index (χ1) is 20.2. The Bertz CT molecular complexity index is 1310. The number of rotatable bonds is 9. The SMILES string of the molecule is COc1ncc(C2CCC2)cc1C[As][C@H]1[C@@H](C(C)(C)C)[C@@H](C(=O)O)N(C(=O)C2CCCO2)[C@H]1c1ccccc1C1CC1. The van der Waals surface area contributed by atoms with Crippen LogP contribution in [0.4, 0.5) is 0 Å². The van der Waals surface area contributed by atoms with Gasteiger partial charge in [0.1, 0.15) is 0 Å². The molecule has 0 spiro atoms. The second-order valence-corrected chi connectivity index (χ2v) is 16.3. The molecule has 3 heterocycles. The summed E-state index contributed by atoms with van der Waals surface area (Å²) in [6.07, 6.45) is 8.83. The van der Waals surface area contributed by atoms with Crippen molar-refractivity contribution in [3.63, 3.8) is 0 Å². The maximum absolute atomic E-state index is 14.3. The minimum atomic E-state index is -0.912. The van der Waals surface area contributed by atoms with Gasteiger partial charge in [0.15, 0.2) is 0 Å². The summed E-state index contributed by atoms with van der Waals surface area (Å²) in [5.74, 6) is 0.450. The number of hydrogen-bond acceptors (Lipinski definition) is 5. The van der Waals surface area contributed by atoms with E-state index in [2.05, 4.69) is 51.1 Å². The Morgan fingerprint density at radius 3 is 2.38 bits per heavy atom. The van der Waals surface area contributed by atoms with Crippen molar-refractivity contribution < 1.29 is 24.2 Å². The fourth-order valence-corrected chi connectivity index (χ4v) is 11.6. The Hall–Kier alpha value is -2.37. The number of carbonyl (C=O) groups is 2. The fourth-order valence-electron chi connectivity index (χ4n) is 7.44. The molecular weight excluding hydrogens is 591 g/mol. The van der Waals surface area contributed by atoms with E-state index in [0.29, 0.717) is 30.7 Å². The number of methoxy groups -OCH3 is 1. The summed E-state index contributed by atoms with van der Waals surface area (Å²) in [5.41, 5.74) is 4.49. The van der Waals surface area contributed by atoms with E-state index in [1.165, 1.54) is 30.4 Å². The van der Waals surface area contributed by atoms with Gasteiger partial charge in [-0.1, -0.05) is 0 Å². The number of aliphatic carboxylic acids is 1. The standard InChI is InChI=1S/C34H44AsN2O5/c1-34(2,3)27-28(35-18-22-17-23(20-9-7-10-20)19-36-31(22)41-4)29(25-12-6-5-11-24(25)21-14-15-21)37(30(27)33(39)40)32(38)26-13-8-16-42-26/h5-6,11-12,17,19-21,26-30H,7-10,13-16,18H2,1-4H3,(H,39,40)/t26?,27-,28+,29+,30+/m1/s1. The summed E-state index contributed by atoms with van der Waals surface area (Å²) in [4.78, 5) is 34.0. The number of likely N-dealkylation sites (tertiary alicyclic amines) is 1. The number of aromatic nitrogens is 1. The number of ether oxygens (including phenoxy) is 2. The first-order valence-corrected chi connectivity index (χ1v) is 18.0. The number of carbonyl (C=O) groups excluding carboxylic acids is 1. The maximum atomic E-state index is 14.3. The van der Waals surface area contributed by atoms with Gasteiger partial charge >= 0.3 is 257 Å². The van der Waals surface area contributed by atoms with Crippen LogP contribution in [0.2, 0.25) is 4.71 Å². The normalized spacial score (nSPS) is 28.4. The summed E-state index contributed by atoms with van der Waals surface area (Å²) in [6.45, 7) is 6.98. The van der Waals surface area contributed by atoms with Crippen LogP contribution < -0.4 is 4.74 Å². The van der Waals surface area contributed by atoms with E-state index in [-0.39, 0.29) is 28.0 Å². The van der Waals surface area contributed by atoms with Gasteiger partial charge in [-0.2, -0.15) is 0 Å². The molecule has 1 aromatic carbocycles. The molecule has 225 valence electrons. The average molecular weight is 636 g/mol. The molecule has 2 aliphatic carbocycles. The number of carboxylic acids is 1. The molecular formula is C34H44AsN2O5. The molecule has 2 saturated carbocycles. The monoisotopic (exact) mass is 635 g/mol. The summed E-state index contributed by atoms with van der Waals surface area (Å²) in [6, 6.07) is 9.58. The van der Waals surface area contributed by atoms with Gasteiger partial charge in [-0.15, -0.1) is 0 Å². The summed E-state index contributed by atoms with van der Waals surface area (Å²) in [7, 11) is 1.68. The van der Waals surface area contributed by atoms with Crippen molar-refractivity contribution in [1.82, 2.24) is 9.88 Å². The average Bonchev–Trinajstić information content (AvgIpc) is 3.50. The first-order valence-electron chi connectivity index (χ1n) is 15.6. The van der Waals surface area contributed by atoms with Crippen LogP contribution in [0.15, 0.2) is 36.5 Å². The van der Waals surface area contributed by atoms with Gasteiger partial charge < -0.3 is 0 Å². The Kier molecular flexibility index (Phi) is 8.45.